The minimum Gasteiger partial charge on any atom is -0.454 e. The van der Waals surface area contributed by atoms with Gasteiger partial charge in [-0.15, -0.1) is 0 Å². The molecule has 0 spiro atoms. The van der Waals surface area contributed by atoms with Crippen LogP contribution in [0.3, 0.4) is 0 Å². The third-order valence-corrected chi connectivity index (χ3v) is 5.83. The van der Waals surface area contributed by atoms with Gasteiger partial charge in [-0.25, -0.2) is 0 Å². The van der Waals surface area contributed by atoms with E-state index in [1.54, 1.807) is 6.07 Å². The van der Waals surface area contributed by atoms with Crippen LogP contribution in [-0.2, 0) is 17.9 Å². The van der Waals surface area contributed by atoms with Gasteiger partial charge in [0.05, 0.1) is 0 Å². The molecule has 0 radical (unpaired) electrons. The lowest BCUT2D eigenvalue weighted by Gasteiger charge is -2.31. The number of rotatable bonds is 8. The van der Waals surface area contributed by atoms with Crippen molar-refractivity contribution in [3.05, 3.63) is 126 Å². The highest BCUT2D eigenvalue weighted by molar-refractivity contribution is 5.95. The highest BCUT2D eigenvalue weighted by Gasteiger charge is 2.28. The molecule has 0 fully saturated rings. The number of ether oxygens (including phenoxy) is 2. The van der Waals surface area contributed by atoms with Crippen LogP contribution < -0.4 is 14.8 Å². The zero-order chi connectivity index (χ0) is 23.2. The Morgan fingerprint density at radius 3 is 1.91 bits per heavy atom. The number of anilines is 1. The van der Waals surface area contributed by atoms with Crippen molar-refractivity contribution in [3.8, 4) is 11.5 Å². The molecule has 5 rings (SSSR count). The predicted molar refractivity (Wildman–Crippen MR) is 133 cm³/mol. The van der Waals surface area contributed by atoms with E-state index in [9.17, 15) is 4.79 Å². The molecule has 0 unspecified atom stereocenters. The quantitative estimate of drug-likeness (QED) is 0.369. The average molecular weight is 451 g/mol. The van der Waals surface area contributed by atoms with Gasteiger partial charge in [-0.05, 0) is 28.8 Å². The highest BCUT2D eigenvalue weighted by atomic mass is 16.7. The maximum atomic E-state index is 13.8. The summed E-state index contributed by atoms with van der Waals surface area (Å²) < 4.78 is 10.9. The summed E-state index contributed by atoms with van der Waals surface area (Å²) in [5, 5.41) is 3.11. The van der Waals surface area contributed by atoms with Gasteiger partial charge in [0.15, 0.2) is 11.5 Å². The average Bonchev–Trinajstić information content (AvgIpc) is 3.34. The van der Waals surface area contributed by atoms with E-state index >= 15 is 0 Å². The second-order valence-electron chi connectivity index (χ2n) is 8.25. The first kappa shape index (κ1) is 21.7. The first-order chi connectivity index (χ1) is 16.8. The fourth-order valence-corrected chi connectivity index (χ4v) is 4.22. The van der Waals surface area contributed by atoms with E-state index in [0.717, 1.165) is 16.7 Å². The summed E-state index contributed by atoms with van der Waals surface area (Å²) in [6.07, 6.45) is 0. The van der Waals surface area contributed by atoms with E-state index < -0.39 is 6.04 Å². The van der Waals surface area contributed by atoms with Crippen LogP contribution in [-0.4, -0.2) is 17.6 Å². The van der Waals surface area contributed by atoms with Crippen molar-refractivity contribution in [2.45, 2.75) is 19.1 Å². The molecule has 5 nitrogen and oxygen atoms in total. The lowest BCUT2D eigenvalue weighted by molar-refractivity contribution is -0.122. The lowest BCUT2D eigenvalue weighted by Crippen LogP contribution is -2.36. The summed E-state index contributed by atoms with van der Waals surface area (Å²) in [5.74, 6) is 1.23. The summed E-state index contributed by atoms with van der Waals surface area (Å²) in [6.45, 7) is 1.45. The number of amides is 1. The van der Waals surface area contributed by atoms with E-state index in [-0.39, 0.29) is 12.7 Å². The Labute approximate surface area is 199 Å². The maximum absolute atomic E-state index is 13.8. The second-order valence-corrected chi connectivity index (χ2v) is 8.25. The molecule has 5 heteroatoms. The third-order valence-electron chi connectivity index (χ3n) is 5.83. The summed E-state index contributed by atoms with van der Waals surface area (Å²) in [5.41, 5.74) is 3.91. The molecular weight excluding hydrogens is 424 g/mol. The summed E-state index contributed by atoms with van der Waals surface area (Å²) in [4.78, 5) is 16.0. The molecule has 1 heterocycles. The largest absolute Gasteiger partial charge is 0.454 e. The maximum Gasteiger partial charge on any atom is 0.246 e. The fraction of sp³-hybridized carbons (Fsp3) is 0.138. The Bertz CT molecular complexity index is 1190. The van der Waals surface area contributed by atoms with Gasteiger partial charge in [0, 0.05) is 24.8 Å². The number of carbonyl (C=O) groups excluding carboxylic acids is 1. The normalized spacial score (nSPS) is 13.0. The number of hydrogen-bond acceptors (Lipinski definition) is 4. The molecule has 1 amide bonds. The summed E-state index contributed by atoms with van der Waals surface area (Å²) >= 11 is 0. The van der Waals surface area contributed by atoms with Crippen LogP contribution in [0.2, 0.25) is 0 Å². The van der Waals surface area contributed by atoms with E-state index in [1.807, 2.05) is 78.9 Å². The van der Waals surface area contributed by atoms with Gasteiger partial charge < -0.3 is 14.8 Å². The van der Waals surface area contributed by atoms with Gasteiger partial charge in [0.1, 0.15) is 6.04 Å². The molecule has 0 aliphatic carbocycles. The Morgan fingerprint density at radius 2 is 1.29 bits per heavy atom. The van der Waals surface area contributed by atoms with E-state index in [2.05, 4.69) is 34.5 Å². The van der Waals surface area contributed by atoms with Crippen LogP contribution >= 0.6 is 0 Å². The monoisotopic (exact) mass is 450 g/mol. The number of nitrogens with zero attached hydrogens (tertiary/aromatic N) is 1. The summed E-state index contributed by atoms with van der Waals surface area (Å²) in [7, 11) is 0. The van der Waals surface area contributed by atoms with Gasteiger partial charge in [-0.1, -0.05) is 91.0 Å². The summed E-state index contributed by atoms with van der Waals surface area (Å²) in [6, 6.07) is 35.4. The third kappa shape index (κ3) is 5.11. The fourth-order valence-electron chi connectivity index (χ4n) is 4.22. The zero-order valence-corrected chi connectivity index (χ0v) is 18.8. The highest BCUT2D eigenvalue weighted by Crippen LogP contribution is 2.35. The molecule has 1 atom stereocenters. The Morgan fingerprint density at radius 1 is 0.735 bits per heavy atom. The van der Waals surface area contributed by atoms with Crippen LogP contribution in [0.1, 0.15) is 22.7 Å². The minimum atomic E-state index is -0.493. The van der Waals surface area contributed by atoms with Crippen LogP contribution in [0.15, 0.2) is 109 Å². The SMILES string of the molecule is O=C(Nc1ccc2c(c1)OCO2)[C@H](c1ccccc1)N(Cc1ccccc1)Cc1ccccc1. The molecule has 34 heavy (non-hydrogen) atoms. The predicted octanol–water partition coefficient (Wildman–Crippen LogP) is 5.80. The Balaban J connectivity index is 1.48. The molecule has 0 aromatic heterocycles. The zero-order valence-electron chi connectivity index (χ0n) is 18.8. The standard InChI is InChI=1S/C29H26N2O3/c32-29(30-25-16-17-26-27(18-25)34-21-33-26)28(24-14-8-3-9-15-24)31(19-22-10-4-1-5-11-22)20-23-12-6-2-7-13-23/h1-18,28H,19-21H2,(H,30,32)/t28-/m0/s1. The topological polar surface area (TPSA) is 50.8 Å². The van der Waals surface area contributed by atoms with E-state index in [4.69, 9.17) is 9.47 Å². The molecule has 170 valence electrons. The van der Waals surface area contributed by atoms with E-state index in [1.165, 1.54) is 0 Å². The van der Waals surface area contributed by atoms with E-state index in [0.29, 0.717) is 30.3 Å². The van der Waals surface area contributed by atoms with Crippen molar-refractivity contribution in [2.75, 3.05) is 12.1 Å². The minimum absolute atomic E-state index is 0.100. The second kappa shape index (κ2) is 10.2. The van der Waals surface area contributed by atoms with Crippen LogP contribution in [0.5, 0.6) is 11.5 Å². The van der Waals surface area contributed by atoms with Gasteiger partial charge >= 0.3 is 0 Å². The molecule has 1 aliphatic heterocycles. The molecule has 0 bridgehead atoms. The van der Waals surface area contributed by atoms with Crippen molar-refractivity contribution >= 4 is 11.6 Å². The van der Waals surface area contributed by atoms with Crippen molar-refractivity contribution < 1.29 is 14.3 Å². The van der Waals surface area contributed by atoms with Crippen molar-refractivity contribution in [1.29, 1.82) is 0 Å². The number of fused-ring (bicyclic) bond motifs is 1. The molecule has 0 saturated heterocycles. The number of benzene rings is 4. The first-order valence-electron chi connectivity index (χ1n) is 11.3. The number of carbonyl (C=O) groups is 1. The number of nitrogens with one attached hydrogen (secondary N) is 1. The molecule has 1 N–H and O–H groups in total. The molecular formula is C29H26N2O3. The van der Waals surface area contributed by atoms with Gasteiger partial charge in [0.2, 0.25) is 12.7 Å². The molecule has 4 aromatic rings. The Kier molecular flexibility index (Phi) is 6.54. The molecule has 4 aromatic carbocycles. The van der Waals surface area contributed by atoms with Crippen molar-refractivity contribution in [2.24, 2.45) is 0 Å². The van der Waals surface area contributed by atoms with Crippen molar-refractivity contribution in [3.63, 3.8) is 0 Å². The smallest absolute Gasteiger partial charge is 0.246 e. The van der Waals surface area contributed by atoms with Gasteiger partial charge in [0.25, 0.3) is 0 Å². The first-order valence-corrected chi connectivity index (χ1v) is 11.3. The van der Waals surface area contributed by atoms with Crippen LogP contribution in [0, 0.1) is 0 Å². The Hall–Kier alpha value is -4.09. The number of hydrogen-bond donors (Lipinski definition) is 1. The lowest BCUT2D eigenvalue weighted by atomic mass is 10.0. The van der Waals surface area contributed by atoms with Crippen molar-refractivity contribution in [1.82, 2.24) is 4.90 Å². The van der Waals surface area contributed by atoms with Crippen LogP contribution in [0.25, 0.3) is 0 Å². The van der Waals surface area contributed by atoms with Gasteiger partial charge in [-0.3, -0.25) is 9.69 Å². The van der Waals surface area contributed by atoms with Gasteiger partial charge in [-0.2, -0.15) is 0 Å². The molecule has 0 saturated carbocycles. The molecule has 1 aliphatic rings. The van der Waals surface area contributed by atoms with Crippen LogP contribution in [0.4, 0.5) is 5.69 Å².